The van der Waals surface area contributed by atoms with Crippen LogP contribution in [0.3, 0.4) is 0 Å². The molecule has 2 N–H and O–H groups in total. The molecule has 0 spiro atoms. The molecular weight excluding hydrogens is 367 g/mol. The van der Waals surface area contributed by atoms with Crippen molar-refractivity contribution >= 4 is 34.3 Å². The van der Waals surface area contributed by atoms with E-state index in [1.807, 2.05) is 0 Å². The summed E-state index contributed by atoms with van der Waals surface area (Å²) in [5.41, 5.74) is 1.21. The van der Waals surface area contributed by atoms with Gasteiger partial charge in [0.25, 0.3) is 5.89 Å². The Labute approximate surface area is 152 Å². The number of rotatable bonds is 4. The van der Waals surface area contributed by atoms with E-state index in [0.717, 1.165) is 11.3 Å². The highest BCUT2D eigenvalue weighted by Crippen LogP contribution is 2.35. The average Bonchev–Trinajstić information content (AvgIpc) is 3.10. The molecular formula is C17H12Cl2N2O4. The summed E-state index contributed by atoms with van der Waals surface area (Å²) in [6, 6.07) is 9.91. The van der Waals surface area contributed by atoms with Crippen molar-refractivity contribution in [2.45, 2.75) is 0 Å². The lowest BCUT2D eigenvalue weighted by atomic mass is 10.2. The summed E-state index contributed by atoms with van der Waals surface area (Å²) >= 11 is 12.0. The first-order valence-corrected chi connectivity index (χ1v) is 7.80. The third-order valence-electron chi connectivity index (χ3n) is 3.34. The smallest absolute Gasteiger partial charge is 0.269 e. The van der Waals surface area contributed by atoms with Gasteiger partial charge in [-0.05, 0) is 48.0 Å². The van der Waals surface area contributed by atoms with E-state index in [0.29, 0.717) is 11.4 Å². The molecule has 0 radical (unpaired) electrons. The van der Waals surface area contributed by atoms with Crippen LogP contribution in [0.2, 0.25) is 5.02 Å². The molecule has 0 saturated heterocycles. The highest BCUT2D eigenvalue weighted by molar-refractivity contribution is 6.50. The second-order valence-electron chi connectivity index (χ2n) is 5.01. The van der Waals surface area contributed by atoms with E-state index in [9.17, 15) is 10.2 Å². The van der Waals surface area contributed by atoms with Gasteiger partial charge in [-0.15, -0.1) is 0 Å². The zero-order valence-corrected chi connectivity index (χ0v) is 14.4. The molecule has 0 saturated carbocycles. The van der Waals surface area contributed by atoms with Crippen molar-refractivity contribution in [3.63, 3.8) is 0 Å². The van der Waals surface area contributed by atoms with Gasteiger partial charge in [-0.1, -0.05) is 28.4 Å². The van der Waals surface area contributed by atoms with E-state index in [1.165, 1.54) is 18.2 Å². The Morgan fingerprint density at radius 1 is 1.20 bits per heavy atom. The predicted octanol–water partition coefficient (Wildman–Crippen LogP) is 4.55. The molecule has 0 amide bonds. The van der Waals surface area contributed by atoms with Crippen molar-refractivity contribution in [3.8, 4) is 28.6 Å². The number of aromatic hydroxyl groups is 2. The molecule has 1 heterocycles. The van der Waals surface area contributed by atoms with E-state index >= 15 is 0 Å². The first-order valence-electron chi connectivity index (χ1n) is 7.05. The van der Waals surface area contributed by atoms with Crippen LogP contribution in [0.25, 0.3) is 22.5 Å². The van der Waals surface area contributed by atoms with Crippen LogP contribution in [0.15, 0.2) is 40.9 Å². The number of hydrogen-bond donors (Lipinski definition) is 2. The Balaban J connectivity index is 1.88. The molecule has 0 fully saturated rings. The van der Waals surface area contributed by atoms with Gasteiger partial charge in [-0.25, -0.2) is 0 Å². The van der Waals surface area contributed by atoms with Crippen LogP contribution in [0, 0.1) is 0 Å². The van der Waals surface area contributed by atoms with Gasteiger partial charge in [0.1, 0.15) is 10.8 Å². The Morgan fingerprint density at radius 2 is 1.92 bits per heavy atom. The highest BCUT2D eigenvalue weighted by Gasteiger charge is 2.13. The summed E-state index contributed by atoms with van der Waals surface area (Å²) in [4.78, 5) is 4.23. The summed E-state index contributed by atoms with van der Waals surface area (Å²) < 4.78 is 10.3. The van der Waals surface area contributed by atoms with Crippen molar-refractivity contribution in [2.75, 3.05) is 7.11 Å². The van der Waals surface area contributed by atoms with Crippen molar-refractivity contribution in [3.05, 3.63) is 52.9 Å². The number of methoxy groups -OCH3 is 1. The Bertz CT molecular complexity index is 913. The quantitative estimate of drug-likeness (QED) is 0.647. The molecule has 3 rings (SSSR count). The van der Waals surface area contributed by atoms with Gasteiger partial charge in [-0.3, -0.25) is 0 Å². The van der Waals surface area contributed by atoms with E-state index in [-0.39, 0.29) is 21.7 Å². The summed E-state index contributed by atoms with van der Waals surface area (Å²) in [6.45, 7) is 0. The standard InChI is InChI=1S/C17H12Cl2N2O4/c1-24-11-4-2-10(3-5-11)16-20-17(25-21-16)13(19)7-9-6-12(18)15(23)14(22)8-9/h2-8,22-23H,1H3/b13-7-. The Morgan fingerprint density at radius 3 is 2.56 bits per heavy atom. The van der Waals surface area contributed by atoms with E-state index in [1.54, 1.807) is 31.4 Å². The number of aromatic nitrogens is 2. The van der Waals surface area contributed by atoms with Crippen LogP contribution in [0.5, 0.6) is 17.2 Å². The molecule has 128 valence electrons. The van der Waals surface area contributed by atoms with Crippen LogP contribution < -0.4 is 4.74 Å². The lowest BCUT2D eigenvalue weighted by molar-refractivity contribution is 0.404. The van der Waals surface area contributed by atoms with Gasteiger partial charge in [-0.2, -0.15) is 4.98 Å². The fourth-order valence-electron chi connectivity index (χ4n) is 2.07. The number of hydrogen-bond acceptors (Lipinski definition) is 6. The maximum absolute atomic E-state index is 9.59. The van der Waals surface area contributed by atoms with Gasteiger partial charge in [0.2, 0.25) is 5.82 Å². The second-order valence-corrected chi connectivity index (χ2v) is 5.83. The lowest BCUT2D eigenvalue weighted by Gasteiger charge is -2.02. The Hall–Kier alpha value is -2.70. The minimum Gasteiger partial charge on any atom is -0.504 e. The SMILES string of the molecule is COc1ccc(-c2noc(/C(Cl)=C/c3cc(O)c(O)c(Cl)c3)n2)cc1. The molecule has 6 nitrogen and oxygen atoms in total. The molecule has 25 heavy (non-hydrogen) atoms. The van der Waals surface area contributed by atoms with Gasteiger partial charge in [0.05, 0.1) is 12.1 Å². The summed E-state index contributed by atoms with van der Waals surface area (Å²) in [5.74, 6) is 0.448. The molecule has 3 aromatic rings. The van der Waals surface area contributed by atoms with E-state index in [2.05, 4.69) is 10.1 Å². The second kappa shape index (κ2) is 7.04. The maximum Gasteiger partial charge on any atom is 0.269 e. The zero-order valence-electron chi connectivity index (χ0n) is 12.9. The number of phenolic OH excluding ortho intramolecular Hbond substituents is 2. The number of benzene rings is 2. The molecule has 0 aliphatic heterocycles. The van der Waals surface area contributed by atoms with Gasteiger partial charge in [0, 0.05) is 5.56 Å². The van der Waals surface area contributed by atoms with Gasteiger partial charge < -0.3 is 19.5 Å². The summed E-state index contributed by atoms with van der Waals surface area (Å²) in [5, 5.41) is 23.1. The average molecular weight is 379 g/mol. The Kier molecular flexibility index (Phi) is 4.83. The number of ether oxygens (including phenoxy) is 1. The molecule has 0 aliphatic carbocycles. The van der Waals surface area contributed by atoms with Gasteiger partial charge in [0.15, 0.2) is 11.5 Å². The van der Waals surface area contributed by atoms with Crippen molar-refractivity contribution < 1.29 is 19.5 Å². The minimum absolute atomic E-state index is 0.000155. The number of nitrogens with zero attached hydrogens (tertiary/aromatic N) is 2. The lowest BCUT2D eigenvalue weighted by Crippen LogP contribution is -1.84. The molecule has 1 aromatic heterocycles. The third-order valence-corrected chi connectivity index (χ3v) is 3.90. The molecule has 8 heteroatoms. The van der Waals surface area contributed by atoms with Crippen LogP contribution >= 0.6 is 23.2 Å². The normalized spacial score (nSPS) is 11.6. The van der Waals surface area contributed by atoms with Crippen LogP contribution in [-0.4, -0.2) is 27.5 Å². The predicted molar refractivity (Wildman–Crippen MR) is 94.8 cm³/mol. The molecule has 0 aliphatic rings. The van der Waals surface area contributed by atoms with E-state index in [4.69, 9.17) is 32.5 Å². The van der Waals surface area contributed by atoms with Crippen LogP contribution in [0.1, 0.15) is 11.5 Å². The van der Waals surface area contributed by atoms with Crippen molar-refractivity contribution in [1.29, 1.82) is 0 Å². The number of halogens is 2. The summed E-state index contributed by atoms with van der Waals surface area (Å²) in [6.07, 6.45) is 1.48. The largest absolute Gasteiger partial charge is 0.504 e. The first kappa shape index (κ1) is 17.1. The zero-order chi connectivity index (χ0) is 18.0. The molecule has 0 unspecified atom stereocenters. The number of phenols is 2. The summed E-state index contributed by atoms with van der Waals surface area (Å²) in [7, 11) is 1.58. The van der Waals surface area contributed by atoms with Crippen LogP contribution in [-0.2, 0) is 0 Å². The topological polar surface area (TPSA) is 88.6 Å². The molecule has 2 aromatic carbocycles. The minimum atomic E-state index is -0.394. The monoisotopic (exact) mass is 378 g/mol. The molecule has 0 atom stereocenters. The molecule has 0 bridgehead atoms. The van der Waals surface area contributed by atoms with Gasteiger partial charge >= 0.3 is 0 Å². The van der Waals surface area contributed by atoms with Crippen LogP contribution in [0.4, 0.5) is 0 Å². The fraction of sp³-hybridized carbons (Fsp3) is 0.0588. The maximum atomic E-state index is 9.59. The fourth-order valence-corrected chi connectivity index (χ4v) is 2.50. The first-order chi connectivity index (χ1) is 12.0. The van der Waals surface area contributed by atoms with Crippen molar-refractivity contribution in [1.82, 2.24) is 10.1 Å². The third kappa shape index (κ3) is 3.70. The van der Waals surface area contributed by atoms with E-state index < -0.39 is 5.75 Å². The highest BCUT2D eigenvalue weighted by atomic mass is 35.5. The van der Waals surface area contributed by atoms with Crippen molar-refractivity contribution in [2.24, 2.45) is 0 Å².